The summed E-state index contributed by atoms with van der Waals surface area (Å²) >= 11 is 0. The summed E-state index contributed by atoms with van der Waals surface area (Å²) in [4.78, 5) is 12.9. The molecule has 1 aliphatic heterocycles. The van der Waals surface area contributed by atoms with Crippen molar-refractivity contribution >= 4 is 5.78 Å². The molecule has 0 unspecified atom stereocenters. The molecule has 0 saturated carbocycles. The number of methoxy groups -OCH3 is 1. The number of ether oxygens (including phenoxy) is 2. The molecule has 2 aromatic carbocycles. The molecule has 0 spiro atoms. The smallest absolute Gasteiger partial charge is 0.181 e. The first-order chi connectivity index (χ1) is 11.4. The third-order valence-electron chi connectivity index (χ3n) is 4.44. The van der Waals surface area contributed by atoms with Crippen LogP contribution in [0.15, 0.2) is 18.2 Å². The molecule has 24 heavy (non-hydrogen) atoms. The Bertz CT molecular complexity index is 840. The molecule has 0 amide bonds. The Morgan fingerprint density at radius 3 is 2.46 bits per heavy atom. The number of hydrogen-bond acceptors (Lipinski definition) is 6. The molecule has 0 bridgehead atoms. The minimum Gasteiger partial charge on any atom is -0.508 e. The van der Waals surface area contributed by atoms with E-state index in [-0.39, 0.29) is 46.5 Å². The topological polar surface area (TPSA) is 96.2 Å². The van der Waals surface area contributed by atoms with Crippen LogP contribution in [0.2, 0.25) is 0 Å². The fourth-order valence-corrected chi connectivity index (χ4v) is 2.99. The molecule has 3 N–H and O–H groups in total. The van der Waals surface area contributed by atoms with Gasteiger partial charge in [-0.25, -0.2) is 0 Å². The van der Waals surface area contributed by atoms with Crippen molar-refractivity contribution in [2.24, 2.45) is 0 Å². The maximum atomic E-state index is 12.9. The highest BCUT2D eigenvalue weighted by atomic mass is 16.5. The van der Waals surface area contributed by atoms with Gasteiger partial charge in [0.1, 0.15) is 40.9 Å². The van der Waals surface area contributed by atoms with Crippen molar-refractivity contribution in [2.45, 2.75) is 19.8 Å². The van der Waals surface area contributed by atoms with E-state index >= 15 is 0 Å². The van der Waals surface area contributed by atoms with Gasteiger partial charge in [0.25, 0.3) is 0 Å². The summed E-state index contributed by atoms with van der Waals surface area (Å²) in [5.41, 5.74) is 1.07. The molecule has 1 heterocycles. The number of hydrogen-bond donors (Lipinski definition) is 3. The van der Waals surface area contributed by atoms with Crippen molar-refractivity contribution in [2.75, 3.05) is 13.7 Å². The van der Waals surface area contributed by atoms with Crippen molar-refractivity contribution < 1.29 is 29.6 Å². The van der Waals surface area contributed by atoms with Crippen LogP contribution in [0.25, 0.3) is 0 Å². The van der Waals surface area contributed by atoms with Crippen LogP contribution < -0.4 is 9.47 Å². The maximum Gasteiger partial charge on any atom is 0.181 e. The van der Waals surface area contributed by atoms with Crippen molar-refractivity contribution in [3.05, 3.63) is 40.5 Å². The number of carbonyl (C=O) groups excluding carboxylic acids is 1. The Labute approximate surface area is 138 Å². The molecular formula is C18H18O6. The Hall–Kier alpha value is -2.89. The average molecular weight is 330 g/mol. The number of fused-ring (bicyclic) bond motifs is 1. The van der Waals surface area contributed by atoms with Gasteiger partial charge in [0.05, 0.1) is 13.0 Å². The molecule has 6 nitrogen and oxygen atoms in total. The standard InChI is InChI=1S/C18H18O6/c1-8-15(20)9(2)18-14(16(8)21)17(22)12(7-24-18)11-5-4-10(23-3)6-13(11)19/h4-6,12,19-21H,7H2,1-3H3/t12-/m0/s1. The van der Waals surface area contributed by atoms with Crippen molar-refractivity contribution in [1.29, 1.82) is 0 Å². The molecular weight excluding hydrogens is 312 g/mol. The summed E-state index contributed by atoms with van der Waals surface area (Å²) in [6, 6.07) is 4.67. The van der Waals surface area contributed by atoms with Gasteiger partial charge >= 0.3 is 0 Å². The first-order valence-electron chi connectivity index (χ1n) is 7.45. The van der Waals surface area contributed by atoms with Gasteiger partial charge in [-0.15, -0.1) is 0 Å². The average Bonchev–Trinajstić information content (AvgIpc) is 2.58. The highest BCUT2D eigenvalue weighted by Gasteiger charge is 2.36. The molecule has 3 rings (SSSR count). The van der Waals surface area contributed by atoms with E-state index in [1.54, 1.807) is 19.1 Å². The van der Waals surface area contributed by atoms with E-state index in [2.05, 4.69) is 0 Å². The Morgan fingerprint density at radius 1 is 1.12 bits per heavy atom. The monoisotopic (exact) mass is 330 g/mol. The second-order valence-corrected chi connectivity index (χ2v) is 5.80. The predicted molar refractivity (Wildman–Crippen MR) is 86.5 cm³/mol. The van der Waals surface area contributed by atoms with Gasteiger partial charge < -0.3 is 24.8 Å². The lowest BCUT2D eigenvalue weighted by molar-refractivity contribution is 0.0888. The van der Waals surface area contributed by atoms with Crippen LogP contribution in [0.1, 0.15) is 33.0 Å². The highest BCUT2D eigenvalue weighted by molar-refractivity contribution is 6.07. The largest absolute Gasteiger partial charge is 0.508 e. The Kier molecular flexibility index (Phi) is 3.75. The van der Waals surface area contributed by atoms with Gasteiger partial charge in [-0.1, -0.05) is 6.07 Å². The molecule has 0 saturated heterocycles. The Morgan fingerprint density at radius 2 is 1.83 bits per heavy atom. The first-order valence-corrected chi connectivity index (χ1v) is 7.45. The summed E-state index contributed by atoms with van der Waals surface area (Å²) in [6.07, 6.45) is 0. The fourth-order valence-electron chi connectivity index (χ4n) is 2.99. The molecule has 1 atom stereocenters. The zero-order chi connectivity index (χ0) is 17.6. The minimum absolute atomic E-state index is 0.00844. The van der Waals surface area contributed by atoms with Crippen LogP contribution in [-0.2, 0) is 0 Å². The SMILES string of the molecule is COc1ccc([C@@H]2COc3c(C)c(O)c(C)c(O)c3C2=O)c(O)c1. The molecule has 126 valence electrons. The second kappa shape index (κ2) is 5.63. The number of carbonyl (C=O) groups is 1. The third-order valence-corrected chi connectivity index (χ3v) is 4.44. The number of ketones is 1. The quantitative estimate of drug-likeness (QED) is 0.783. The second-order valence-electron chi connectivity index (χ2n) is 5.80. The molecule has 6 heteroatoms. The third kappa shape index (κ3) is 2.22. The fraction of sp³-hybridized carbons (Fsp3) is 0.278. The van der Waals surface area contributed by atoms with Gasteiger partial charge in [0.15, 0.2) is 5.78 Å². The van der Waals surface area contributed by atoms with Gasteiger partial charge in [-0.3, -0.25) is 4.79 Å². The van der Waals surface area contributed by atoms with Crippen LogP contribution in [-0.4, -0.2) is 34.8 Å². The van der Waals surface area contributed by atoms with Crippen LogP contribution in [0, 0.1) is 13.8 Å². The Balaban J connectivity index is 2.11. The van der Waals surface area contributed by atoms with Crippen LogP contribution in [0.4, 0.5) is 0 Å². The van der Waals surface area contributed by atoms with E-state index < -0.39 is 5.92 Å². The normalized spacial score (nSPS) is 16.5. The van der Waals surface area contributed by atoms with Gasteiger partial charge in [-0.2, -0.15) is 0 Å². The summed E-state index contributed by atoms with van der Waals surface area (Å²) in [7, 11) is 1.48. The van der Waals surface area contributed by atoms with Gasteiger partial charge in [0.2, 0.25) is 0 Å². The van der Waals surface area contributed by atoms with Crippen LogP contribution >= 0.6 is 0 Å². The number of phenolic OH excluding ortho intramolecular Hbond substituents is 3. The molecule has 0 aromatic heterocycles. The van der Waals surface area contributed by atoms with Crippen molar-refractivity contribution in [3.8, 4) is 28.7 Å². The van der Waals surface area contributed by atoms with Crippen molar-refractivity contribution in [3.63, 3.8) is 0 Å². The summed E-state index contributed by atoms with van der Waals surface area (Å²) in [5.74, 6) is -0.921. The van der Waals surface area contributed by atoms with E-state index in [0.29, 0.717) is 16.9 Å². The predicted octanol–water partition coefficient (Wildman–Crippen LogP) is 2.79. The van der Waals surface area contributed by atoms with Gasteiger partial charge in [-0.05, 0) is 19.9 Å². The summed E-state index contributed by atoms with van der Waals surface area (Å²) < 4.78 is 10.7. The summed E-state index contributed by atoms with van der Waals surface area (Å²) in [6.45, 7) is 3.16. The van der Waals surface area contributed by atoms with Crippen LogP contribution in [0.5, 0.6) is 28.7 Å². The molecule has 2 aromatic rings. The number of phenols is 3. The minimum atomic E-state index is -0.752. The number of Topliss-reactive ketones (excluding diaryl/α,β-unsaturated/α-hetero) is 1. The molecule has 1 aliphatic rings. The lowest BCUT2D eigenvalue weighted by Crippen LogP contribution is -2.27. The molecule has 0 fully saturated rings. The lowest BCUT2D eigenvalue weighted by atomic mass is 9.86. The van der Waals surface area contributed by atoms with E-state index in [1.165, 1.54) is 20.1 Å². The van der Waals surface area contributed by atoms with E-state index in [4.69, 9.17) is 9.47 Å². The first kappa shape index (κ1) is 16.0. The van der Waals surface area contributed by atoms with E-state index in [9.17, 15) is 20.1 Å². The maximum absolute atomic E-state index is 12.9. The number of aromatic hydroxyl groups is 3. The molecule has 0 aliphatic carbocycles. The number of benzene rings is 2. The summed E-state index contributed by atoms with van der Waals surface area (Å²) in [5, 5.41) is 30.5. The zero-order valence-electron chi connectivity index (χ0n) is 13.6. The zero-order valence-corrected chi connectivity index (χ0v) is 13.6. The van der Waals surface area contributed by atoms with Crippen LogP contribution in [0.3, 0.4) is 0 Å². The molecule has 0 radical (unpaired) electrons. The van der Waals surface area contributed by atoms with E-state index in [1.807, 2.05) is 0 Å². The van der Waals surface area contributed by atoms with E-state index in [0.717, 1.165) is 0 Å². The van der Waals surface area contributed by atoms with Gasteiger partial charge in [0, 0.05) is 22.8 Å². The van der Waals surface area contributed by atoms with Crippen molar-refractivity contribution in [1.82, 2.24) is 0 Å². The highest BCUT2D eigenvalue weighted by Crippen LogP contribution is 2.47. The lowest BCUT2D eigenvalue weighted by Gasteiger charge is -2.28. The number of rotatable bonds is 2.